The average Bonchev–Trinajstić information content (AvgIpc) is 2.31. The molecule has 0 atom stereocenters. The maximum atomic E-state index is 10.6. The third-order valence-corrected chi connectivity index (χ3v) is 2.47. The second-order valence-corrected chi connectivity index (χ2v) is 3.68. The predicted octanol–water partition coefficient (Wildman–Crippen LogP) is 3.23. The van der Waals surface area contributed by atoms with Gasteiger partial charge in [-0.2, -0.15) is 0 Å². The Balaban J connectivity index is 2.51. The fourth-order valence-electron chi connectivity index (χ4n) is 1.71. The van der Waals surface area contributed by atoms with Crippen molar-refractivity contribution >= 4 is 12.1 Å². The Morgan fingerprint density at radius 3 is 2.50 bits per heavy atom. The summed E-state index contributed by atoms with van der Waals surface area (Å²) in [6, 6.07) is 16.0. The molecule has 80 valence electrons. The highest BCUT2D eigenvalue weighted by Gasteiger charge is 2.03. The van der Waals surface area contributed by atoms with E-state index >= 15 is 0 Å². The van der Waals surface area contributed by atoms with Crippen molar-refractivity contribution in [2.24, 2.45) is 0 Å². The van der Waals surface area contributed by atoms with E-state index in [0.717, 1.165) is 22.4 Å². The van der Waals surface area contributed by atoms with Gasteiger partial charge in [0.15, 0.2) is 0 Å². The van der Waals surface area contributed by atoms with Gasteiger partial charge in [-0.05, 0) is 24.1 Å². The third-order valence-electron chi connectivity index (χ3n) is 2.47. The van der Waals surface area contributed by atoms with Crippen molar-refractivity contribution in [2.45, 2.75) is 6.92 Å². The smallest absolute Gasteiger partial charge is 0.211 e. The van der Waals surface area contributed by atoms with Crippen molar-refractivity contribution < 1.29 is 4.79 Å². The van der Waals surface area contributed by atoms with Crippen LogP contribution in [0.1, 0.15) is 5.56 Å². The monoisotopic (exact) mass is 211 g/mol. The zero-order valence-electron chi connectivity index (χ0n) is 9.10. The summed E-state index contributed by atoms with van der Waals surface area (Å²) in [5.41, 5.74) is 4.12. The minimum absolute atomic E-state index is 0.710. The Kier molecular flexibility index (Phi) is 3.01. The van der Waals surface area contributed by atoms with Gasteiger partial charge in [0.1, 0.15) is 0 Å². The minimum atomic E-state index is 0.710. The topological polar surface area (TPSA) is 29.1 Å². The van der Waals surface area contributed by atoms with E-state index in [2.05, 4.69) is 5.32 Å². The maximum absolute atomic E-state index is 10.6. The van der Waals surface area contributed by atoms with Gasteiger partial charge in [0.05, 0.1) is 0 Å². The first-order valence-electron chi connectivity index (χ1n) is 5.17. The summed E-state index contributed by atoms with van der Waals surface area (Å²) in [7, 11) is 0. The second kappa shape index (κ2) is 4.62. The molecule has 0 aliphatic heterocycles. The summed E-state index contributed by atoms with van der Waals surface area (Å²) in [5, 5.41) is 2.73. The lowest BCUT2D eigenvalue weighted by molar-refractivity contribution is -0.105. The number of hydrogen-bond donors (Lipinski definition) is 1. The fourth-order valence-corrected chi connectivity index (χ4v) is 1.71. The van der Waals surface area contributed by atoms with Crippen LogP contribution < -0.4 is 5.32 Å². The number of aryl methyl sites for hydroxylation is 1. The van der Waals surface area contributed by atoms with E-state index in [1.54, 1.807) is 0 Å². The SMILES string of the molecule is Cc1ccc(-c2ccccc2)c(NC=O)c1. The number of anilines is 1. The summed E-state index contributed by atoms with van der Waals surface area (Å²) in [5.74, 6) is 0. The molecule has 2 nitrogen and oxygen atoms in total. The molecule has 2 aromatic rings. The Morgan fingerprint density at radius 1 is 1.06 bits per heavy atom. The molecule has 1 amide bonds. The molecule has 2 aromatic carbocycles. The van der Waals surface area contributed by atoms with Gasteiger partial charge in [0, 0.05) is 11.3 Å². The van der Waals surface area contributed by atoms with E-state index < -0.39 is 0 Å². The van der Waals surface area contributed by atoms with E-state index in [4.69, 9.17) is 0 Å². The van der Waals surface area contributed by atoms with Crippen LogP contribution >= 0.6 is 0 Å². The summed E-state index contributed by atoms with van der Waals surface area (Å²) >= 11 is 0. The summed E-state index contributed by atoms with van der Waals surface area (Å²) in [6.45, 7) is 2.00. The van der Waals surface area contributed by atoms with Crippen molar-refractivity contribution in [2.75, 3.05) is 5.32 Å². The molecule has 0 bridgehead atoms. The maximum Gasteiger partial charge on any atom is 0.211 e. The summed E-state index contributed by atoms with van der Waals surface area (Å²) in [6.07, 6.45) is 0.710. The zero-order chi connectivity index (χ0) is 11.4. The number of benzene rings is 2. The molecule has 0 heterocycles. The van der Waals surface area contributed by atoms with Gasteiger partial charge in [-0.3, -0.25) is 4.79 Å². The van der Waals surface area contributed by atoms with Crippen LogP contribution in [0.2, 0.25) is 0 Å². The quantitative estimate of drug-likeness (QED) is 0.776. The number of rotatable bonds is 3. The Labute approximate surface area is 94.9 Å². The van der Waals surface area contributed by atoms with Crippen molar-refractivity contribution in [3.05, 3.63) is 54.1 Å². The van der Waals surface area contributed by atoms with Crippen LogP contribution in [0.3, 0.4) is 0 Å². The van der Waals surface area contributed by atoms with Gasteiger partial charge in [-0.25, -0.2) is 0 Å². The van der Waals surface area contributed by atoms with E-state index in [0.29, 0.717) is 6.41 Å². The first kappa shape index (κ1) is 10.4. The van der Waals surface area contributed by atoms with Crippen LogP contribution in [0.4, 0.5) is 5.69 Å². The summed E-state index contributed by atoms with van der Waals surface area (Å²) in [4.78, 5) is 10.6. The normalized spacial score (nSPS) is 9.81. The predicted molar refractivity (Wildman–Crippen MR) is 66.3 cm³/mol. The van der Waals surface area contributed by atoms with E-state index in [1.165, 1.54) is 0 Å². The zero-order valence-corrected chi connectivity index (χ0v) is 9.10. The molecule has 0 saturated heterocycles. The molecule has 0 fully saturated rings. The minimum Gasteiger partial charge on any atom is -0.328 e. The molecule has 0 aromatic heterocycles. The van der Waals surface area contributed by atoms with Crippen LogP contribution in [0.25, 0.3) is 11.1 Å². The number of hydrogen-bond acceptors (Lipinski definition) is 1. The molecule has 0 radical (unpaired) electrons. The van der Waals surface area contributed by atoms with Crippen LogP contribution in [0.15, 0.2) is 48.5 Å². The standard InChI is InChI=1S/C14H13NO/c1-11-7-8-13(14(9-11)15-10-16)12-5-3-2-4-6-12/h2-10H,1H3,(H,15,16). The molecule has 0 aliphatic carbocycles. The van der Waals surface area contributed by atoms with Gasteiger partial charge < -0.3 is 5.32 Å². The molecular formula is C14H13NO. The third kappa shape index (κ3) is 2.11. The first-order valence-corrected chi connectivity index (χ1v) is 5.17. The molecule has 0 saturated carbocycles. The van der Waals surface area contributed by atoms with Gasteiger partial charge >= 0.3 is 0 Å². The molecule has 1 N–H and O–H groups in total. The first-order chi connectivity index (χ1) is 7.81. The van der Waals surface area contributed by atoms with Crippen LogP contribution in [-0.4, -0.2) is 6.41 Å². The fraction of sp³-hybridized carbons (Fsp3) is 0.0714. The van der Waals surface area contributed by atoms with Gasteiger partial charge in [0.25, 0.3) is 0 Å². The van der Waals surface area contributed by atoms with Gasteiger partial charge in [-0.1, -0.05) is 42.5 Å². The van der Waals surface area contributed by atoms with Gasteiger partial charge in [0.2, 0.25) is 6.41 Å². The highest BCUT2D eigenvalue weighted by molar-refractivity contribution is 5.85. The lowest BCUT2D eigenvalue weighted by atomic mass is 10.0. The Morgan fingerprint density at radius 2 is 1.81 bits per heavy atom. The van der Waals surface area contributed by atoms with E-state index in [1.807, 2.05) is 55.5 Å². The van der Waals surface area contributed by atoms with Crippen LogP contribution in [0, 0.1) is 6.92 Å². The highest BCUT2D eigenvalue weighted by Crippen LogP contribution is 2.28. The Hall–Kier alpha value is -2.09. The molecule has 2 rings (SSSR count). The molecule has 0 aliphatic rings. The van der Waals surface area contributed by atoms with E-state index in [9.17, 15) is 4.79 Å². The number of nitrogens with one attached hydrogen (secondary N) is 1. The largest absolute Gasteiger partial charge is 0.328 e. The van der Waals surface area contributed by atoms with Crippen LogP contribution in [-0.2, 0) is 4.79 Å². The number of carbonyl (C=O) groups is 1. The van der Waals surface area contributed by atoms with Crippen molar-refractivity contribution in [3.8, 4) is 11.1 Å². The Bertz CT molecular complexity index is 491. The lowest BCUT2D eigenvalue weighted by Gasteiger charge is -2.09. The highest BCUT2D eigenvalue weighted by atomic mass is 16.1. The van der Waals surface area contributed by atoms with Crippen molar-refractivity contribution in [1.82, 2.24) is 0 Å². The average molecular weight is 211 g/mol. The molecule has 0 unspecified atom stereocenters. The number of carbonyl (C=O) groups excluding carboxylic acids is 1. The molecule has 0 spiro atoms. The van der Waals surface area contributed by atoms with Crippen molar-refractivity contribution in [1.29, 1.82) is 0 Å². The van der Waals surface area contributed by atoms with E-state index in [-0.39, 0.29) is 0 Å². The second-order valence-electron chi connectivity index (χ2n) is 3.68. The van der Waals surface area contributed by atoms with Crippen LogP contribution in [0.5, 0.6) is 0 Å². The summed E-state index contributed by atoms with van der Waals surface area (Å²) < 4.78 is 0. The lowest BCUT2D eigenvalue weighted by Crippen LogP contribution is -1.96. The molecular weight excluding hydrogens is 198 g/mol. The number of amides is 1. The van der Waals surface area contributed by atoms with Crippen molar-refractivity contribution in [3.63, 3.8) is 0 Å². The molecule has 2 heteroatoms. The van der Waals surface area contributed by atoms with Gasteiger partial charge in [-0.15, -0.1) is 0 Å². The molecule has 16 heavy (non-hydrogen) atoms.